The predicted octanol–water partition coefficient (Wildman–Crippen LogP) is 6.55. The van der Waals surface area contributed by atoms with E-state index in [4.69, 9.17) is 0 Å². The first-order valence-electron chi connectivity index (χ1n) is 13.3. The molecule has 1 aromatic heterocycles. The number of hydrogen-bond donors (Lipinski definition) is 2. The van der Waals surface area contributed by atoms with Gasteiger partial charge in [-0.3, -0.25) is 9.98 Å². The number of alkyl halides is 3. The minimum Gasteiger partial charge on any atom is -0.373 e. The lowest BCUT2D eigenvalue weighted by Gasteiger charge is -2.24. The number of nitrogens with one attached hydrogen (secondary N) is 2. The average Bonchev–Trinajstić information content (AvgIpc) is 3.09. The predicted molar refractivity (Wildman–Crippen MR) is 156 cm³/mol. The summed E-state index contributed by atoms with van der Waals surface area (Å²) in [6, 6.07) is 10.3. The second kappa shape index (κ2) is 12.5. The molecular formula is C30H35F3N6O. The average molecular weight is 553 g/mol. The summed E-state index contributed by atoms with van der Waals surface area (Å²) in [5.74, 6) is 0. The molecule has 0 bridgehead atoms. The van der Waals surface area contributed by atoms with Crippen molar-refractivity contribution in [2.75, 3.05) is 49.8 Å². The minimum absolute atomic E-state index is 0.0860. The molecule has 2 heterocycles. The van der Waals surface area contributed by atoms with Crippen molar-refractivity contribution in [3.8, 4) is 11.1 Å². The molecule has 7 nitrogen and oxygen atoms in total. The van der Waals surface area contributed by atoms with Crippen LogP contribution in [0.5, 0.6) is 0 Å². The Hall–Kier alpha value is -3.92. The summed E-state index contributed by atoms with van der Waals surface area (Å²) in [4.78, 5) is 25.8. The Balaban J connectivity index is 1.50. The lowest BCUT2D eigenvalue weighted by molar-refractivity contribution is -0.137. The Morgan fingerprint density at radius 3 is 2.48 bits per heavy atom. The third-order valence-electron chi connectivity index (χ3n) is 6.90. The van der Waals surface area contributed by atoms with Crippen LogP contribution in [0.25, 0.3) is 11.1 Å². The lowest BCUT2D eigenvalue weighted by Crippen LogP contribution is -2.26. The first-order chi connectivity index (χ1) is 19.0. The van der Waals surface area contributed by atoms with Gasteiger partial charge in [-0.05, 0) is 88.3 Å². The van der Waals surface area contributed by atoms with Crippen molar-refractivity contribution in [2.24, 2.45) is 4.99 Å². The zero-order valence-electron chi connectivity index (χ0n) is 23.2. The highest BCUT2D eigenvalue weighted by Crippen LogP contribution is 2.35. The molecule has 0 aliphatic carbocycles. The van der Waals surface area contributed by atoms with Crippen LogP contribution in [-0.4, -0.2) is 62.4 Å². The Labute approximate surface area is 233 Å². The summed E-state index contributed by atoms with van der Waals surface area (Å²) in [6.45, 7) is 3.54. The molecule has 212 valence electrons. The minimum atomic E-state index is -4.53. The van der Waals surface area contributed by atoms with E-state index >= 15 is 0 Å². The number of aryl methyl sites for hydroxylation is 1. The summed E-state index contributed by atoms with van der Waals surface area (Å²) in [5, 5.41) is 5.35. The maximum atomic E-state index is 13.4. The van der Waals surface area contributed by atoms with Crippen molar-refractivity contribution in [1.29, 1.82) is 0 Å². The molecule has 0 radical (unpaired) electrons. The highest BCUT2D eigenvalue weighted by Gasteiger charge is 2.31. The number of rotatable bonds is 8. The van der Waals surface area contributed by atoms with Crippen LogP contribution in [0.1, 0.15) is 36.5 Å². The van der Waals surface area contributed by atoms with Crippen LogP contribution >= 0.6 is 0 Å². The van der Waals surface area contributed by atoms with Gasteiger partial charge in [-0.15, -0.1) is 0 Å². The van der Waals surface area contributed by atoms with Crippen LogP contribution in [0.4, 0.5) is 35.0 Å². The molecule has 2 N–H and O–H groups in total. The number of urea groups is 1. The molecule has 4 rings (SSSR count). The molecule has 2 aromatic carbocycles. The van der Waals surface area contributed by atoms with E-state index < -0.39 is 17.8 Å². The number of hydrogen-bond acceptors (Lipinski definition) is 5. The van der Waals surface area contributed by atoms with Crippen LogP contribution in [-0.2, 0) is 12.6 Å². The molecule has 1 unspecified atom stereocenters. The number of benzene rings is 2. The van der Waals surface area contributed by atoms with Gasteiger partial charge in [0, 0.05) is 55.1 Å². The van der Waals surface area contributed by atoms with Gasteiger partial charge < -0.3 is 20.4 Å². The number of anilines is 3. The normalized spacial score (nSPS) is 14.9. The summed E-state index contributed by atoms with van der Waals surface area (Å²) in [6.07, 6.45) is 3.75. The standard InChI is InChI=1S/C30H35F3N6O/c1-20-6-7-22-17-34-18-25(26(22)19-35-20)21-8-11-24(12-9-21)36-29(40)37-27-16-23(30(31,32)33)10-13-28(27)39(4)15-5-14-38(2)3/h8-13,16-20H,5-7,14-15H2,1-4H3,(H2,36,37,40). The number of fused-ring (bicyclic) bond motifs is 1. The first-order valence-corrected chi connectivity index (χ1v) is 13.3. The van der Waals surface area contributed by atoms with Gasteiger partial charge in [0.2, 0.25) is 0 Å². The van der Waals surface area contributed by atoms with Crippen LogP contribution < -0.4 is 15.5 Å². The third-order valence-corrected chi connectivity index (χ3v) is 6.90. The molecule has 0 spiro atoms. The first kappa shape index (κ1) is 29.1. The van der Waals surface area contributed by atoms with E-state index in [0.29, 0.717) is 17.9 Å². The second-order valence-electron chi connectivity index (χ2n) is 10.4. The zero-order chi connectivity index (χ0) is 28.9. The number of carbonyl (C=O) groups excluding carboxylic acids is 1. The molecule has 3 aromatic rings. The van der Waals surface area contributed by atoms with Crippen molar-refractivity contribution in [3.05, 3.63) is 71.5 Å². The quantitative estimate of drug-likeness (QED) is 0.332. The van der Waals surface area contributed by atoms with Crippen molar-refractivity contribution in [2.45, 2.75) is 38.4 Å². The van der Waals surface area contributed by atoms with Crippen LogP contribution in [0.2, 0.25) is 0 Å². The summed E-state index contributed by atoms with van der Waals surface area (Å²) in [7, 11) is 5.72. The van der Waals surface area contributed by atoms with E-state index in [1.54, 1.807) is 25.4 Å². The number of halogens is 3. The fraction of sp³-hybridized carbons (Fsp3) is 0.367. The number of aromatic nitrogens is 1. The van der Waals surface area contributed by atoms with E-state index in [1.807, 2.05) is 48.4 Å². The number of aliphatic imine (C=N–C) groups is 1. The molecule has 2 amide bonds. The van der Waals surface area contributed by atoms with Gasteiger partial charge in [0.1, 0.15) is 0 Å². The van der Waals surface area contributed by atoms with E-state index in [-0.39, 0.29) is 11.7 Å². The number of nitrogens with zero attached hydrogens (tertiary/aromatic N) is 4. The largest absolute Gasteiger partial charge is 0.416 e. The van der Waals surface area contributed by atoms with E-state index in [0.717, 1.165) is 60.2 Å². The molecule has 1 aliphatic rings. The van der Waals surface area contributed by atoms with Crippen LogP contribution in [0.15, 0.2) is 59.9 Å². The zero-order valence-corrected chi connectivity index (χ0v) is 23.2. The van der Waals surface area contributed by atoms with Crippen molar-refractivity contribution >= 4 is 29.3 Å². The van der Waals surface area contributed by atoms with Gasteiger partial charge in [0.15, 0.2) is 0 Å². The van der Waals surface area contributed by atoms with Gasteiger partial charge in [-0.25, -0.2) is 4.79 Å². The highest BCUT2D eigenvalue weighted by atomic mass is 19.4. The number of pyridine rings is 1. The molecule has 0 fully saturated rings. The Morgan fingerprint density at radius 2 is 1.77 bits per heavy atom. The fourth-order valence-corrected chi connectivity index (χ4v) is 4.64. The fourth-order valence-electron chi connectivity index (χ4n) is 4.64. The monoisotopic (exact) mass is 552 g/mol. The number of carbonyl (C=O) groups is 1. The van der Waals surface area contributed by atoms with Gasteiger partial charge in [0.05, 0.1) is 16.9 Å². The Morgan fingerprint density at radius 1 is 1.02 bits per heavy atom. The highest BCUT2D eigenvalue weighted by molar-refractivity contribution is 6.02. The molecule has 1 atom stereocenters. The van der Waals surface area contributed by atoms with Crippen LogP contribution in [0, 0.1) is 0 Å². The Bertz CT molecular complexity index is 1350. The molecule has 0 saturated carbocycles. The maximum Gasteiger partial charge on any atom is 0.416 e. The topological polar surface area (TPSA) is 72.9 Å². The van der Waals surface area contributed by atoms with Gasteiger partial charge in [-0.2, -0.15) is 13.2 Å². The molecular weight excluding hydrogens is 517 g/mol. The van der Waals surface area contributed by atoms with Crippen molar-refractivity contribution in [1.82, 2.24) is 9.88 Å². The van der Waals surface area contributed by atoms with Gasteiger partial charge >= 0.3 is 12.2 Å². The molecule has 40 heavy (non-hydrogen) atoms. The third kappa shape index (κ3) is 7.38. The molecule has 10 heteroatoms. The summed E-state index contributed by atoms with van der Waals surface area (Å²) < 4.78 is 40.3. The smallest absolute Gasteiger partial charge is 0.373 e. The Kier molecular flexibility index (Phi) is 9.09. The van der Waals surface area contributed by atoms with Gasteiger partial charge in [-0.1, -0.05) is 12.1 Å². The van der Waals surface area contributed by atoms with E-state index in [2.05, 4.69) is 27.5 Å². The summed E-state index contributed by atoms with van der Waals surface area (Å²) >= 11 is 0. The van der Waals surface area contributed by atoms with E-state index in [1.165, 1.54) is 6.07 Å². The number of amides is 2. The lowest BCUT2D eigenvalue weighted by atomic mass is 9.97. The molecule has 0 saturated heterocycles. The van der Waals surface area contributed by atoms with Crippen molar-refractivity contribution in [3.63, 3.8) is 0 Å². The molecule has 1 aliphatic heterocycles. The maximum absolute atomic E-state index is 13.4. The summed E-state index contributed by atoms with van der Waals surface area (Å²) in [5.41, 5.74) is 4.35. The van der Waals surface area contributed by atoms with Crippen molar-refractivity contribution < 1.29 is 18.0 Å². The SMILES string of the molecule is CC1CCc2cncc(-c3ccc(NC(=O)Nc4cc(C(F)(F)F)ccc4N(C)CCCN(C)C)cc3)c2C=N1. The van der Waals surface area contributed by atoms with Gasteiger partial charge in [0.25, 0.3) is 0 Å². The van der Waals surface area contributed by atoms with Crippen LogP contribution in [0.3, 0.4) is 0 Å². The second-order valence-corrected chi connectivity index (χ2v) is 10.4. The van der Waals surface area contributed by atoms with E-state index in [9.17, 15) is 18.0 Å².